The first kappa shape index (κ1) is 21.0. The molecular formula is C24H27ClN2O3. The molecule has 0 spiro atoms. The lowest BCUT2D eigenvalue weighted by Crippen LogP contribution is -2.43. The predicted molar refractivity (Wildman–Crippen MR) is 119 cm³/mol. The Morgan fingerprint density at radius 2 is 2.10 bits per heavy atom. The number of hydrogen-bond donors (Lipinski definition) is 0. The zero-order chi connectivity index (χ0) is 21.3. The van der Waals surface area contributed by atoms with Gasteiger partial charge in [0.2, 0.25) is 0 Å². The number of carbonyl (C=O) groups is 1. The Bertz CT molecular complexity index is 975. The van der Waals surface area contributed by atoms with Gasteiger partial charge in [-0.3, -0.25) is 9.78 Å². The third kappa shape index (κ3) is 4.29. The van der Waals surface area contributed by atoms with Crippen molar-refractivity contribution in [1.82, 2.24) is 4.98 Å². The van der Waals surface area contributed by atoms with Crippen molar-refractivity contribution in [3.05, 3.63) is 58.4 Å². The molecule has 1 fully saturated rings. The van der Waals surface area contributed by atoms with Crippen LogP contribution in [0.5, 0.6) is 0 Å². The van der Waals surface area contributed by atoms with E-state index in [4.69, 9.17) is 21.1 Å². The molecule has 158 valence electrons. The van der Waals surface area contributed by atoms with Crippen LogP contribution in [-0.2, 0) is 20.9 Å². The maximum Gasteiger partial charge on any atom is 0.259 e. The molecule has 0 aliphatic carbocycles. The lowest BCUT2D eigenvalue weighted by atomic mass is 10.0. The fraction of sp³-hybridized carbons (Fsp3) is 0.417. The molecule has 1 aromatic carbocycles. The van der Waals surface area contributed by atoms with E-state index in [0.29, 0.717) is 22.9 Å². The van der Waals surface area contributed by atoms with E-state index < -0.39 is 0 Å². The second-order valence-corrected chi connectivity index (χ2v) is 9.13. The first-order valence-corrected chi connectivity index (χ1v) is 10.8. The Morgan fingerprint density at radius 1 is 1.30 bits per heavy atom. The van der Waals surface area contributed by atoms with Crippen molar-refractivity contribution in [2.75, 3.05) is 11.5 Å². The average Bonchev–Trinajstić information content (AvgIpc) is 3.00. The Balaban J connectivity index is 1.68. The van der Waals surface area contributed by atoms with Crippen LogP contribution in [0.2, 0.25) is 5.02 Å². The van der Waals surface area contributed by atoms with E-state index in [1.54, 1.807) is 6.20 Å². The van der Waals surface area contributed by atoms with Gasteiger partial charge in [-0.1, -0.05) is 29.8 Å². The second-order valence-electron chi connectivity index (χ2n) is 8.69. The Hall–Kier alpha value is -2.21. The summed E-state index contributed by atoms with van der Waals surface area (Å²) in [4.78, 5) is 19.7. The molecule has 2 aliphatic rings. The quantitative estimate of drug-likeness (QED) is 0.609. The normalized spacial score (nSPS) is 20.7. The van der Waals surface area contributed by atoms with E-state index in [1.165, 1.54) is 0 Å². The van der Waals surface area contributed by atoms with Gasteiger partial charge < -0.3 is 14.4 Å². The summed E-state index contributed by atoms with van der Waals surface area (Å²) in [6.45, 7) is 7.16. The van der Waals surface area contributed by atoms with Crippen molar-refractivity contribution >= 4 is 34.8 Å². The van der Waals surface area contributed by atoms with Crippen LogP contribution < -0.4 is 4.90 Å². The fourth-order valence-corrected chi connectivity index (χ4v) is 4.13. The summed E-state index contributed by atoms with van der Waals surface area (Å²) >= 11 is 6.20. The highest BCUT2D eigenvalue weighted by Crippen LogP contribution is 2.41. The third-order valence-electron chi connectivity index (χ3n) is 5.35. The average molecular weight is 427 g/mol. The Kier molecular flexibility index (Phi) is 5.96. The maximum atomic E-state index is 13.3. The minimum absolute atomic E-state index is 0.0251. The Morgan fingerprint density at radius 3 is 2.83 bits per heavy atom. The predicted octanol–water partition coefficient (Wildman–Crippen LogP) is 5.46. The number of ether oxygens (including phenoxy) is 2. The summed E-state index contributed by atoms with van der Waals surface area (Å²) in [6.07, 6.45) is 6.30. The van der Waals surface area contributed by atoms with Gasteiger partial charge in [-0.15, -0.1) is 0 Å². The maximum absolute atomic E-state index is 13.3. The summed E-state index contributed by atoms with van der Waals surface area (Å²) in [7, 11) is 0. The van der Waals surface area contributed by atoms with Crippen LogP contribution in [0, 0.1) is 0 Å². The van der Waals surface area contributed by atoms with Gasteiger partial charge in [0.05, 0.1) is 28.6 Å². The molecule has 0 N–H and O–H groups in total. The lowest BCUT2D eigenvalue weighted by Gasteiger charge is -2.32. The van der Waals surface area contributed by atoms with Gasteiger partial charge in [-0.25, -0.2) is 0 Å². The Labute approximate surface area is 182 Å². The molecule has 1 aromatic heterocycles. The number of para-hydroxylation sites is 1. The van der Waals surface area contributed by atoms with Crippen LogP contribution in [0.1, 0.15) is 56.9 Å². The molecule has 1 amide bonds. The standard InChI is InChI=1S/C24H27ClN2O3/c1-24(2,3)27-21-9-5-4-8-18(21)19(23(27)28)13-20-16(12-17(25)14-26-20)15-30-22-10-6-7-11-29-22/h4-5,8-9,12-14,22H,6-7,10-11,15H2,1-3H3/b19-13+. The fourth-order valence-electron chi connectivity index (χ4n) is 3.95. The van der Waals surface area contributed by atoms with Crippen molar-refractivity contribution in [2.24, 2.45) is 0 Å². The first-order chi connectivity index (χ1) is 14.3. The minimum Gasteiger partial charge on any atom is -0.353 e. The van der Waals surface area contributed by atoms with Crippen LogP contribution >= 0.6 is 11.6 Å². The second kappa shape index (κ2) is 8.50. The molecule has 0 saturated carbocycles. The number of carbonyl (C=O) groups excluding carboxylic acids is 1. The number of hydrogen-bond acceptors (Lipinski definition) is 4. The van der Waals surface area contributed by atoms with E-state index in [9.17, 15) is 4.79 Å². The van der Waals surface area contributed by atoms with E-state index in [-0.39, 0.29) is 17.7 Å². The number of amides is 1. The molecule has 1 atom stereocenters. The van der Waals surface area contributed by atoms with Gasteiger partial charge >= 0.3 is 0 Å². The molecule has 1 unspecified atom stereocenters. The minimum atomic E-state index is -0.333. The largest absolute Gasteiger partial charge is 0.353 e. The number of pyridine rings is 1. The van der Waals surface area contributed by atoms with Crippen molar-refractivity contribution in [3.63, 3.8) is 0 Å². The van der Waals surface area contributed by atoms with Crippen LogP contribution in [-0.4, -0.2) is 29.3 Å². The number of fused-ring (bicyclic) bond motifs is 1. The molecule has 5 nitrogen and oxygen atoms in total. The van der Waals surface area contributed by atoms with Crippen LogP contribution in [0.25, 0.3) is 11.6 Å². The van der Waals surface area contributed by atoms with E-state index in [1.807, 2.05) is 62.1 Å². The van der Waals surface area contributed by atoms with Crippen LogP contribution in [0.15, 0.2) is 36.5 Å². The molecule has 1 saturated heterocycles. The summed E-state index contributed by atoms with van der Waals surface area (Å²) < 4.78 is 11.6. The molecule has 4 rings (SSSR count). The van der Waals surface area contributed by atoms with Gasteiger partial charge in [0, 0.05) is 29.5 Å². The highest BCUT2D eigenvalue weighted by atomic mass is 35.5. The molecule has 30 heavy (non-hydrogen) atoms. The summed E-state index contributed by atoms with van der Waals surface area (Å²) in [5.41, 5.74) is 3.65. The zero-order valence-corrected chi connectivity index (χ0v) is 18.4. The van der Waals surface area contributed by atoms with Crippen molar-refractivity contribution in [1.29, 1.82) is 0 Å². The number of rotatable bonds is 4. The molecule has 0 bridgehead atoms. The zero-order valence-electron chi connectivity index (χ0n) is 17.7. The lowest BCUT2D eigenvalue weighted by molar-refractivity contribution is -0.169. The van der Waals surface area contributed by atoms with Crippen molar-refractivity contribution < 1.29 is 14.3 Å². The van der Waals surface area contributed by atoms with Gasteiger partial charge in [-0.05, 0) is 58.2 Å². The number of anilines is 1. The number of nitrogens with zero attached hydrogens (tertiary/aromatic N) is 2. The molecule has 2 aromatic rings. The molecule has 3 heterocycles. The molecular weight excluding hydrogens is 400 g/mol. The summed E-state index contributed by atoms with van der Waals surface area (Å²) in [5, 5.41) is 0.537. The highest BCUT2D eigenvalue weighted by Gasteiger charge is 2.38. The topological polar surface area (TPSA) is 51.7 Å². The smallest absolute Gasteiger partial charge is 0.259 e. The van der Waals surface area contributed by atoms with Crippen LogP contribution in [0.4, 0.5) is 5.69 Å². The highest BCUT2D eigenvalue weighted by molar-refractivity contribution is 6.36. The first-order valence-electron chi connectivity index (χ1n) is 10.4. The van der Waals surface area contributed by atoms with Gasteiger partial charge in [0.25, 0.3) is 5.91 Å². The van der Waals surface area contributed by atoms with Crippen LogP contribution in [0.3, 0.4) is 0 Å². The number of benzene rings is 1. The monoisotopic (exact) mass is 426 g/mol. The van der Waals surface area contributed by atoms with Gasteiger partial charge in [0.15, 0.2) is 6.29 Å². The molecule has 6 heteroatoms. The summed E-state index contributed by atoms with van der Waals surface area (Å²) in [5.74, 6) is -0.0251. The SMILES string of the molecule is CC(C)(C)N1C(=O)/C(=C/c2ncc(Cl)cc2COC2CCCCO2)c2ccccc21. The third-order valence-corrected chi connectivity index (χ3v) is 5.56. The summed E-state index contributed by atoms with van der Waals surface area (Å²) in [6, 6.07) is 9.71. The molecule has 0 radical (unpaired) electrons. The van der Waals surface area contributed by atoms with E-state index in [2.05, 4.69) is 4.98 Å². The van der Waals surface area contributed by atoms with Gasteiger partial charge in [-0.2, -0.15) is 0 Å². The van der Waals surface area contributed by atoms with Crippen molar-refractivity contribution in [3.8, 4) is 0 Å². The van der Waals surface area contributed by atoms with E-state index in [0.717, 1.165) is 42.7 Å². The molecule has 2 aliphatic heterocycles. The number of halogens is 1. The van der Waals surface area contributed by atoms with Gasteiger partial charge in [0.1, 0.15) is 0 Å². The van der Waals surface area contributed by atoms with E-state index >= 15 is 0 Å². The number of aromatic nitrogens is 1. The van der Waals surface area contributed by atoms with Crippen molar-refractivity contribution in [2.45, 2.75) is 58.5 Å².